The fourth-order valence-corrected chi connectivity index (χ4v) is 2.12. The number of cyclic esters (lactones) is 1. The summed E-state index contributed by atoms with van der Waals surface area (Å²) in [6, 6.07) is 5.78. The average molecular weight is 299 g/mol. The van der Waals surface area contributed by atoms with Gasteiger partial charge in [-0.05, 0) is 31.5 Å². The third-order valence-corrected chi connectivity index (χ3v) is 3.80. The molecule has 0 saturated carbocycles. The monoisotopic (exact) mass is 298 g/mol. The zero-order chi connectivity index (χ0) is 12.6. The molecule has 0 bridgehead atoms. The highest BCUT2D eigenvalue weighted by Gasteiger charge is 2.41. The Morgan fingerprint density at radius 3 is 2.82 bits per heavy atom. The normalized spacial score (nSPS) is 24.0. The number of hydrogen-bond acceptors (Lipinski definition) is 3. The average Bonchev–Trinajstić information content (AvgIpc) is 2.59. The number of halogens is 1. The van der Waals surface area contributed by atoms with Crippen molar-refractivity contribution in [2.24, 2.45) is 5.73 Å². The number of nitrogens with two attached hydrogens (primary N) is 1. The van der Waals surface area contributed by atoms with Gasteiger partial charge in [-0.3, -0.25) is 4.90 Å². The lowest BCUT2D eigenvalue weighted by Crippen LogP contribution is -2.38. The summed E-state index contributed by atoms with van der Waals surface area (Å²) in [5.41, 5.74) is 6.97. The first kappa shape index (κ1) is 12.4. The minimum absolute atomic E-state index is 0.322. The van der Waals surface area contributed by atoms with Crippen LogP contribution in [0.15, 0.2) is 22.7 Å². The van der Waals surface area contributed by atoms with Gasteiger partial charge in [-0.15, -0.1) is 0 Å². The zero-order valence-corrected chi connectivity index (χ0v) is 11.5. The molecule has 2 N–H and O–H groups in total. The van der Waals surface area contributed by atoms with E-state index in [9.17, 15) is 4.79 Å². The molecule has 0 radical (unpaired) electrons. The van der Waals surface area contributed by atoms with E-state index in [4.69, 9.17) is 10.5 Å². The molecule has 1 fully saturated rings. The molecule has 0 aliphatic carbocycles. The molecule has 0 aromatic heterocycles. The van der Waals surface area contributed by atoms with Crippen LogP contribution in [0.25, 0.3) is 0 Å². The lowest BCUT2D eigenvalue weighted by molar-refractivity contribution is 0.0789. The molecule has 4 nitrogen and oxygen atoms in total. The van der Waals surface area contributed by atoms with Crippen molar-refractivity contribution in [1.29, 1.82) is 0 Å². The molecule has 1 saturated heterocycles. The first-order valence-corrected chi connectivity index (χ1v) is 6.21. The number of aryl methyl sites for hydroxylation is 1. The van der Waals surface area contributed by atoms with Crippen molar-refractivity contribution < 1.29 is 9.53 Å². The maximum atomic E-state index is 11.8. The van der Waals surface area contributed by atoms with Gasteiger partial charge in [0, 0.05) is 16.7 Å². The van der Waals surface area contributed by atoms with Crippen LogP contribution < -0.4 is 10.6 Å². The van der Waals surface area contributed by atoms with E-state index in [2.05, 4.69) is 15.9 Å². The molecule has 1 aromatic carbocycles. The standard InChI is InChI=1S/C12H15BrN2O2/c1-8-3-4-9(5-10(8)13)15-7-12(2,6-14)17-11(15)16/h3-5H,6-7,14H2,1-2H3. The van der Waals surface area contributed by atoms with Crippen LogP contribution in [0.3, 0.4) is 0 Å². The molecule has 17 heavy (non-hydrogen) atoms. The van der Waals surface area contributed by atoms with Gasteiger partial charge in [0.25, 0.3) is 0 Å². The summed E-state index contributed by atoms with van der Waals surface area (Å²) in [7, 11) is 0. The van der Waals surface area contributed by atoms with Crippen LogP contribution in [-0.4, -0.2) is 24.8 Å². The molecule has 0 spiro atoms. The molecule has 1 unspecified atom stereocenters. The van der Waals surface area contributed by atoms with Gasteiger partial charge < -0.3 is 10.5 Å². The summed E-state index contributed by atoms with van der Waals surface area (Å²) in [5, 5.41) is 0. The molecule has 1 aliphatic heterocycles. The highest BCUT2D eigenvalue weighted by molar-refractivity contribution is 9.10. The van der Waals surface area contributed by atoms with Crippen molar-refractivity contribution in [3.63, 3.8) is 0 Å². The number of amides is 1. The van der Waals surface area contributed by atoms with Gasteiger partial charge in [-0.2, -0.15) is 0 Å². The summed E-state index contributed by atoms with van der Waals surface area (Å²) in [5.74, 6) is 0. The van der Waals surface area contributed by atoms with Gasteiger partial charge in [0.15, 0.2) is 0 Å². The molecule has 2 rings (SSSR count). The van der Waals surface area contributed by atoms with E-state index in [0.29, 0.717) is 13.1 Å². The highest BCUT2D eigenvalue weighted by Crippen LogP contribution is 2.30. The fraction of sp³-hybridized carbons (Fsp3) is 0.417. The van der Waals surface area contributed by atoms with Crippen LogP contribution in [0.5, 0.6) is 0 Å². The summed E-state index contributed by atoms with van der Waals surface area (Å²) < 4.78 is 6.26. The third-order valence-electron chi connectivity index (χ3n) is 2.95. The first-order chi connectivity index (χ1) is 7.95. The Hall–Kier alpha value is -1.07. The van der Waals surface area contributed by atoms with Crippen LogP contribution >= 0.6 is 15.9 Å². The topological polar surface area (TPSA) is 55.6 Å². The number of anilines is 1. The van der Waals surface area contributed by atoms with E-state index in [1.165, 1.54) is 0 Å². The quantitative estimate of drug-likeness (QED) is 0.912. The molecular weight excluding hydrogens is 284 g/mol. The predicted octanol–water partition coefficient (Wildman–Crippen LogP) is 2.43. The minimum atomic E-state index is -0.589. The van der Waals surface area contributed by atoms with Crippen LogP contribution in [0.2, 0.25) is 0 Å². The number of carbonyl (C=O) groups is 1. The number of ether oxygens (including phenoxy) is 1. The van der Waals surface area contributed by atoms with Gasteiger partial charge >= 0.3 is 6.09 Å². The van der Waals surface area contributed by atoms with Crippen molar-refractivity contribution in [2.45, 2.75) is 19.4 Å². The van der Waals surface area contributed by atoms with Gasteiger partial charge in [0.2, 0.25) is 0 Å². The second kappa shape index (κ2) is 4.31. The van der Waals surface area contributed by atoms with Crippen LogP contribution in [0, 0.1) is 6.92 Å². The van der Waals surface area contributed by atoms with Crippen molar-refractivity contribution in [2.75, 3.05) is 18.0 Å². The summed E-state index contributed by atoms with van der Waals surface area (Å²) in [6.07, 6.45) is -0.339. The number of nitrogens with zero attached hydrogens (tertiary/aromatic N) is 1. The van der Waals surface area contributed by atoms with Crippen molar-refractivity contribution in [3.8, 4) is 0 Å². The van der Waals surface area contributed by atoms with E-state index in [1.807, 2.05) is 32.0 Å². The Bertz CT molecular complexity index is 464. The highest BCUT2D eigenvalue weighted by atomic mass is 79.9. The third kappa shape index (κ3) is 2.30. The number of hydrogen-bond donors (Lipinski definition) is 1. The number of rotatable bonds is 2. The molecular formula is C12H15BrN2O2. The van der Waals surface area contributed by atoms with Gasteiger partial charge in [-0.1, -0.05) is 22.0 Å². The second-order valence-electron chi connectivity index (χ2n) is 4.54. The van der Waals surface area contributed by atoms with Crippen LogP contribution in [-0.2, 0) is 4.74 Å². The maximum absolute atomic E-state index is 11.8. The number of benzene rings is 1. The molecule has 1 atom stereocenters. The van der Waals surface area contributed by atoms with Gasteiger partial charge in [0.05, 0.1) is 6.54 Å². The molecule has 1 amide bonds. The summed E-state index contributed by atoms with van der Waals surface area (Å²) in [4.78, 5) is 13.4. The van der Waals surface area contributed by atoms with Crippen LogP contribution in [0.1, 0.15) is 12.5 Å². The Morgan fingerprint density at radius 1 is 1.59 bits per heavy atom. The van der Waals surface area contributed by atoms with Crippen molar-refractivity contribution in [3.05, 3.63) is 28.2 Å². The summed E-state index contributed by atoms with van der Waals surface area (Å²) in [6.45, 7) is 4.65. The lowest BCUT2D eigenvalue weighted by atomic mass is 10.1. The number of carbonyl (C=O) groups excluding carboxylic acids is 1. The Morgan fingerprint density at radius 2 is 2.29 bits per heavy atom. The summed E-state index contributed by atoms with van der Waals surface area (Å²) >= 11 is 3.46. The lowest BCUT2D eigenvalue weighted by Gasteiger charge is -2.19. The fourth-order valence-electron chi connectivity index (χ4n) is 1.75. The molecule has 92 valence electrons. The largest absolute Gasteiger partial charge is 0.440 e. The van der Waals surface area contributed by atoms with Gasteiger partial charge in [-0.25, -0.2) is 4.79 Å². The van der Waals surface area contributed by atoms with E-state index < -0.39 is 5.60 Å². The Balaban J connectivity index is 2.29. The van der Waals surface area contributed by atoms with E-state index in [-0.39, 0.29) is 6.09 Å². The maximum Gasteiger partial charge on any atom is 0.415 e. The minimum Gasteiger partial charge on any atom is -0.440 e. The van der Waals surface area contributed by atoms with Gasteiger partial charge in [0.1, 0.15) is 5.60 Å². The zero-order valence-electron chi connectivity index (χ0n) is 9.87. The van der Waals surface area contributed by atoms with E-state index >= 15 is 0 Å². The second-order valence-corrected chi connectivity index (χ2v) is 5.40. The molecule has 1 aromatic rings. The predicted molar refractivity (Wildman–Crippen MR) is 70.2 cm³/mol. The Labute approximate surface area is 109 Å². The van der Waals surface area contributed by atoms with Crippen LogP contribution in [0.4, 0.5) is 10.5 Å². The Kier molecular flexibility index (Phi) is 3.14. The van der Waals surface area contributed by atoms with E-state index in [1.54, 1.807) is 4.90 Å². The molecule has 1 aliphatic rings. The molecule has 1 heterocycles. The van der Waals surface area contributed by atoms with Crippen molar-refractivity contribution >= 4 is 27.7 Å². The van der Waals surface area contributed by atoms with E-state index in [0.717, 1.165) is 15.7 Å². The SMILES string of the molecule is Cc1ccc(N2CC(C)(CN)OC2=O)cc1Br. The smallest absolute Gasteiger partial charge is 0.415 e. The first-order valence-electron chi connectivity index (χ1n) is 5.42. The van der Waals surface area contributed by atoms with Crippen molar-refractivity contribution in [1.82, 2.24) is 0 Å². The molecule has 5 heteroatoms.